The average Bonchev–Trinajstić information content (AvgIpc) is 3.51. The first-order chi connectivity index (χ1) is 14.6. The van der Waals surface area contributed by atoms with E-state index in [4.69, 9.17) is 9.05 Å². The zero-order valence-corrected chi connectivity index (χ0v) is 16.2. The lowest BCUT2D eigenvalue weighted by molar-refractivity contribution is 0.0940. The van der Waals surface area contributed by atoms with Crippen LogP contribution in [0.25, 0.3) is 33.7 Å². The molecule has 4 aromatic heterocycles. The molecule has 0 unspecified atom stereocenters. The number of hydrogen-bond donors (Lipinski definition) is 3. The number of aromatic amines is 2. The standard InChI is InChI=1S/C20H17N7O3/c1-10-17(25-18(22-10)19(28)21-9-14-5-6-29-27-14)12-3-4-15-13(7-12)8-16(24-15)20-23-11(2)26-30-20/h3-8,24H,9H2,1-2H3,(H,21,28)(H,22,25). The van der Waals surface area contributed by atoms with Crippen molar-refractivity contribution >= 4 is 16.8 Å². The van der Waals surface area contributed by atoms with Gasteiger partial charge in [0.1, 0.15) is 17.7 Å². The van der Waals surface area contributed by atoms with Gasteiger partial charge in [-0.15, -0.1) is 0 Å². The predicted octanol–water partition coefficient (Wildman–Crippen LogP) is 3.14. The number of H-pyrrole nitrogens is 2. The summed E-state index contributed by atoms with van der Waals surface area (Å²) < 4.78 is 9.99. The molecule has 10 heteroatoms. The van der Waals surface area contributed by atoms with Crippen molar-refractivity contribution in [1.82, 2.24) is 35.6 Å². The molecular weight excluding hydrogens is 386 g/mol. The fourth-order valence-corrected chi connectivity index (χ4v) is 3.23. The maximum atomic E-state index is 12.4. The molecule has 0 radical (unpaired) electrons. The fraction of sp³-hybridized carbons (Fsp3) is 0.150. The van der Waals surface area contributed by atoms with Crippen molar-refractivity contribution in [2.75, 3.05) is 0 Å². The molecule has 150 valence electrons. The quantitative estimate of drug-likeness (QED) is 0.410. The van der Waals surface area contributed by atoms with Gasteiger partial charge in [0.2, 0.25) is 0 Å². The number of fused-ring (bicyclic) bond motifs is 1. The van der Waals surface area contributed by atoms with Gasteiger partial charge in [-0.2, -0.15) is 4.98 Å². The minimum atomic E-state index is -0.316. The molecule has 0 aliphatic rings. The first kappa shape index (κ1) is 17.9. The summed E-state index contributed by atoms with van der Waals surface area (Å²) in [6.45, 7) is 3.91. The number of imidazole rings is 1. The molecule has 4 heterocycles. The van der Waals surface area contributed by atoms with Gasteiger partial charge in [0.15, 0.2) is 11.6 Å². The molecule has 0 fully saturated rings. The topological polar surface area (TPSA) is 139 Å². The summed E-state index contributed by atoms with van der Waals surface area (Å²) in [6.07, 6.45) is 1.46. The van der Waals surface area contributed by atoms with Crippen molar-refractivity contribution in [1.29, 1.82) is 0 Å². The highest BCUT2D eigenvalue weighted by Gasteiger charge is 2.16. The number of carbonyl (C=O) groups excluding carboxylic acids is 1. The lowest BCUT2D eigenvalue weighted by atomic mass is 10.1. The van der Waals surface area contributed by atoms with Gasteiger partial charge < -0.3 is 24.3 Å². The molecule has 30 heavy (non-hydrogen) atoms. The van der Waals surface area contributed by atoms with Gasteiger partial charge in [0.05, 0.1) is 12.2 Å². The van der Waals surface area contributed by atoms with E-state index in [0.717, 1.165) is 27.9 Å². The number of rotatable bonds is 5. The SMILES string of the molecule is Cc1noc(-c2cc3cc(-c4nc(C(=O)NCc5ccon5)[nH]c4C)ccc3[nH]2)n1. The number of aromatic nitrogens is 6. The van der Waals surface area contributed by atoms with Gasteiger partial charge in [0.25, 0.3) is 11.8 Å². The van der Waals surface area contributed by atoms with E-state index in [-0.39, 0.29) is 18.3 Å². The molecule has 3 N–H and O–H groups in total. The highest BCUT2D eigenvalue weighted by Crippen LogP contribution is 2.28. The van der Waals surface area contributed by atoms with E-state index in [1.807, 2.05) is 31.2 Å². The molecule has 1 aromatic carbocycles. The Balaban J connectivity index is 1.41. The van der Waals surface area contributed by atoms with Crippen LogP contribution in [0, 0.1) is 13.8 Å². The molecule has 0 aliphatic heterocycles. The van der Waals surface area contributed by atoms with Gasteiger partial charge in [-0.3, -0.25) is 4.79 Å². The van der Waals surface area contributed by atoms with Crippen LogP contribution in [0.5, 0.6) is 0 Å². The van der Waals surface area contributed by atoms with E-state index in [0.29, 0.717) is 23.1 Å². The highest BCUT2D eigenvalue weighted by molar-refractivity contribution is 5.92. The molecule has 0 aliphatic carbocycles. The van der Waals surface area contributed by atoms with Crippen LogP contribution in [0.1, 0.15) is 27.8 Å². The van der Waals surface area contributed by atoms with Crippen molar-refractivity contribution < 1.29 is 13.8 Å². The van der Waals surface area contributed by atoms with E-state index in [9.17, 15) is 4.79 Å². The number of benzene rings is 1. The number of nitrogens with one attached hydrogen (secondary N) is 3. The third-order valence-corrected chi connectivity index (χ3v) is 4.67. The smallest absolute Gasteiger partial charge is 0.287 e. The van der Waals surface area contributed by atoms with Crippen molar-refractivity contribution in [3.63, 3.8) is 0 Å². The summed E-state index contributed by atoms with van der Waals surface area (Å²) in [7, 11) is 0. The van der Waals surface area contributed by atoms with Crippen LogP contribution >= 0.6 is 0 Å². The lowest BCUT2D eigenvalue weighted by Crippen LogP contribution is -2.24. The van der Waals surface area contributed by atoms with Gasteiger partial charge in [-0.25, -0.2) is 4.98 Å². The molecule has 5 aromatic rings. The Morgan fingerprint density at radius 3 is 2.77 bits per heavy atom. The number of aryl methyl sites for hydroxylation is 2. The normalized spacial score (nSPS) is 11.3. The molecule has 0 bridgehead atoms. The Morgan fingerprint density at radius 1 is 1.10 bits per heavy atom. The first-order valence-corrected chi connectivity index (χ1v) is 9.25. The Morgan fingerprint density at radius 2 is 2.00 bits per heavy atom. The van der Waals surface area contributed by atoms with Crippen LogP contribution < -0.4 is 5.32 Å². The number of nitrogens with zero attached hydrogens (tertiary/aromatic N) is 4. The van der Waals surface area contributed by atoms with Crippen LogP contribution in [-0.2, 0) is 6.54 Å². The Labute approximate surface area is 169 Å². The molecular formula is C20H17N7O3. The van der Waals surface area contributed by atoms with E-state index >= 15 is 0 Å². The van der Waals surface area contributed by atoms with Gasteiger partial charge in [-0.1, -0.05) is 16.4 Å². The van der Waals surface area contributed by atoms with Crippen molar-refractivity contribution in [2.45, 2.75) is 20.4 Å². The Hall–Kier alpha value is -4.21. The van der Waals surface area contributed by atoms with Crippen LogP contribution in [0.3, 0.4) is 0 Å². The number of hydrogen-bond acceptors (Lipinski definition) is 7. The summed E-state index contributed by atoms with van der Waals surface area (Å²) in [5.41, 5.74) is 4.71. The zero-order chi connectivity index (χ0) is 20.7. The molecule has 0 saturated carbocycles. The summed E-state index contributed by atoms with van der Waals surface area (Å²) in [4.78, 5) is 27.5. The Kier molecular flexibility index (Phi) is 4.16. The summed E-state index contributed by atoms with van der Waals surface area (Å²) in [5, 5.41) is 11.3. The minimum absolute atomic E-state index is 0.238. The predicted molar refractivity (Wildman–Crippen MR) is 106 cm³/mol. The molecule has 5 rings (SSSR count). The first-order valence-electron chi connectivity index (χ1n) is 9.25. The number of carbonyl (C=O) groups is 1. The van der Waals surface area contributed by atoms with E-state index in [1.165, 1.54) is 6.26 Å². The second-order valence-corrected chi connectivity index (χ2v) is 6.86. The Bertz CT molecular complexity index is 1340. The van der Waals surface area contributed by atoms with Crippen molar-refractivity contribution in [3.05, 3.63) is 59.6 Å². The molecule has 0 spiro atoms. The summed E-state index contributed by atoms with van der Waals surface area (Å²) in [5.74, 6) is 0.935. The van der Waals surface area contributed by atoms with Crippen LogP contribution in [0.4, 0.5) is 0 Å². The second-order valence-electron chi connectivity index (χ2n) is 6.86. The third-order valence-electron chi connectivity index (χ3n) is 4.67. The maximum absolute atomic E-state index is 12.4. The third kappa shape index (κ3) is 3.24. The van der Waals surface area contributed by atoms with Crippen molar-refractivity contribution in [3.8, 4) is 22.8 Å². The summed E-state index contributed by atoms with van der Waals surface area (Å²) >= 11 is 0. The summed E-state index contributed by atoms with van der Waals surface area (Å²) in [6, 6.07) is 9.53. The molecule has 0 saturated heterocycles. The zero-order valence-electron chi connectivity index (χ0n) is 16.2. The largest absolute Gasteiger partial charge is 0.364 e. The fourth-order valence-electron chi connectivity index (χ4n) is 3.23. The second kappa shape index (κ2) is 6.99. The van der Waals surface area contributed by atoms with Gasteiger partial charge in [0, 0.05) is 28.2 Å². The molecule has 1 amide bonds. The molecule has 0 atom stereocenters. The maximum Gasteiger partial charge on any atom is 0.287 e. The highest BCUT2D eigenvalue weighted by atomic mass is 16.5. The van der Waals surface area contributed by atoms with Crippen molar-refractivity contribution in [2.24, 2.45) is 0 Å². The van der Waals surface area contributed by atoms with Crippen LogP contribution in [0.15, 0.2) is 45.6 Å². The van der Waals surface area contributed by atoms with Crippen LogP contribution in [0.2, 0.25) is 0 Å². The average molecular weight is 403 g/mol. The van der Waals surface area contributed by atoms with Gasteiger partial charge >= 0.3 is 0 Å². The van der Waals surface area contributed by atoms with Gasteiger partial charge in [-0.05, 0) is 32.0 Å². The minimum Gasteiger partial charge on any atom is -0.364 e. The monoisotopic (exact) mass is 403 g/mol. The van der Waals surface area contributed by atoms with E-state index < -0.39 is 0 Å². The lowest BCUT2D eigenvalue weighted by Gasteiger charge is -2.00. The van der Waals surface area contributed by atoms with E-state index in [2.05, 4.69) is 35.6 Å². The molecule has 10 nitrogen and oxygen atoms in total. The number of amides is 1. The van der Waals surface area contributed by atoms with E-state index in [1.54, 1.807) is 13.0 Å². The van der Waals surface area contributed by atoms with Crippen LogP contribution in [-0.4, -0.2) is 36.2 Å².